The third kappa shape index (κ3) is 4.16. The fourth-order valence-corrected chi connectivity index (χ4v) is 4.54. The predicted octanol–water partition coefficient (Wildman–Crippen LogP) is 1.89. The second kappa shape index (κ2) is 8.13. The lowest BCUT2D eigenvalue weighted by Crippen LogP contribution is -3.16. The molecular weight excluding hydrogens is 334 g/mol. The zero-order valence-corrected chi connectivity index (χ0v) is 16.2. The van der Waals surface area contributed by atoms with Gasteiger partial charge in [-0.3, -0.25) is 4.79 Å². The van der Waals surface area contributed by atoms with E-state index < -0.39 is 0 Å². The molecule has 2 aromatic carbocycles. The summed E-state index contributed by atoms with van der Waals surface area (Å²) in [5, 5.41) is 3.30. The van der Waals surface area contributed by atoms with Gasteiger partial charge in [0.05, 0.1) is 32.2 Å². The van der Waals surface area contributed by atoms with Gasteiger partial charge in [-0.05, 0) is 48.9 Å². The Labute approximate surface area is 162 Å². The summed E-state index contributed by atoms with van der Waals surface area (Å²) < 4.78 is 0. The second-order valence-corrected chi connectivity index (χ2v) is 7.91. The van der Waals surface area contributed by atoms with Crippen LogP contribution < -0.4 is 15.1 Å². The van der Waals surface area contributed by atoms with Gasteiger partial charge in [0.1, 0.15) is 0 Å². The fraction of sp³-hybridized carbons (Fsp3) is 0.435. The molecule has 4 heteroatoms. The summed E-state index contributed by atoms with van der Waals surface area (Å²) >= 11 is 0. The van der Waals surface area contributed by atoms with Gasteiger partial charge in [-0.15, -0.1) is 0 Å². The summed E-state index contributed by atoms with van der Waals surface area (Å²) in [5.74, 6) is 0.191. The monoisotopic (exact) mass is 364 g/mol. The van der Waals surface area contributed by atoms with Crippen molar-refractivity contribution in [1.82, 2.24) is 5.32 Å². The second-order valence-electron chi connectivity index (χ2n) is 7.91. The van der Waals surface area contributed by atoms with Crippen molar-refractivity contribution in [2.75, 3.05) is 37.6 Å². The van der Waals surface area contributed by atoms with E-state index in [1.165, 1.54) is 27.3 Å². The SMILES string of the molecule is Cc1ccccc1N1CC[NH+](CC(=O)N[C@H]2CCCc3ccccc32)CC1. The van der Waals surface area contributed by atoms with Gasteiger partial charge >= 0.3 is 0 Å². The molecule has 0 radical (unpaired) electrons. The van der Waals surface area contributed by atoms with E-state index in [2.05, 4.69) is 65.7 Å². The summed E-state index contributed by atoms with van der Waals surface area (Å²) in [5.41, 5.74) is 5.37. The van der Waals surface area contributed by atoms with Crippen molar-refractivity contribution in [3.05, 3.63) is 65.2 Å². The first kappa shape index (κ1) is 18.1. The van der Waals surface area contributed by atoms with Gasteiger partial charge in [0, 0.05) is 5.69 Å². The zero-order chi connectivity index (χ0) is 18.6. The van der Waals surface area contributed by atoms with E-state index in [9.17, 15) is 4.79 Å². The molecule has 2 N–H and O–H groups in total. The number of fused-ring (bicyclic) bond motifs is 1. The minimum Gasteiger partial charge on any atom is -0.360 e. The molecule has 1 atom stereocenters. The van der Waals surface area contributed by atoms with Gasteiger partial charge in [-0.2, -0.15) is 0 Å². The Morgan fingerprint density at radius 3 is 2.67 bits per heavy atom. The van der Waals surface area contributed by atoms with Crippen LogP contribution in [0.3, 0.4) is 0 Å². The van der Waals surface area contributed by atoms with Crippen molar-refractivity contribution in [3.8, 4) is 0 Å². The lowest BCUT2D eigenvalue weighted by Gasteiger charge is -2.34. The summed E-state index contributed by atoms with van der Waals surface area (Å²) in [4.78, 5) is 16.5. The number of carbonyl (C=O) groups is 1. The minimum absolute atomic E-state index is 0.190. The molecule has 1 aliphatic carbocycles. The molecule has 0 aromatic heterocycles. The average molecular weight is 365 g/mol. The van der Waals surface area contributed by atoms with Crippen molar-refractivity contribution in [1.29, 1.82) is 0 Å². The number of anilines is 1. The van der Waals surface area contributed by atoms with Gasteiger partial charge in [0.2, 0.25) is 0 Å². The normalized spacial score (nSPS) is 20.2. The van der Waals surface area contributed by atoms with E-state index in [-0.39, 0.29) is 11.9 Å². The molecule has 0 saturated carbocycles. The number of nitrogens with one attached hydrogen (secondary N) is 2. The van der Waals surface area contributed by atoms with Crippen LogP contribution in [0.5, 0.6) is 0 Å². The summed E-state index contributed by atoms with van der Waals surface area (Å²) in [6, 6.07) is 17.3. The molecule has 2 aromatic rings. The highest BCUT2D eigenvalue weighted by Gasteiger charge is 2.26. The van der Waals surface area contributed by atoms with Crippen LogP contribution >= 0.6 is 0 Å². The van der Waals surface area contributed by atoms with E-state index in [0.29, 0.717) is 6.54 Å². The van der Waals surface area contributed by atoms with Crippen molar-refractivity contribution >= 4 is 11.6 Å². The van der Waals surface area contributed by atoms with E-state index >= 15 is 0 Å². The van der Waals surface area contributed by atoms with Crippen molar-refractivity contribution < 1.29 is 9.69 Å². The standard InChI is InChI=1S/C23H29N3O/c1-18-7-2-5-12-22(18)26-15-13-25(14-16-26)17-23(27)24-21-11-6-9-19-8-3-4-10-20(19)21/h2-5,7-8,10,12,21H,6,9,11,13-17H2,1H3,(H,24,27)/p+1/t21-/m0/s1. The van der Waals surface area contributed by atoms with Crippen molar-refractivity contribution in [2.24, 2.45) is 0 Å². The van der Waals surface area contributed by atoms with Gasteiger partial charge in [-0.1, -0.05) is 42.5 Å². The molecule has 2 aliphatic rings. The summed E-state index contributed by atoms with van der Waals surface area (Å²) in [7, 11) is 0. The van der Waals surface area contributed by atoms with Crippen LogP contribution in [-0.4, -0.2) is 38.6 Å². The first-order valence-electron chi connectivity index (χ1n) is 10.2. The van der Waals surface area contributed by atoms with E-state index in [4.69, 9.17) is 0 Å². The predicted molar refractivity (Wildman–Crippen MR) is 109 cm³/mol. The zero-order valence-electron chi connectivity index (χ0n) is 16.2. The maximum absolute atomic E-state index is 12.6. The third-order valence-corrected chi connectivity index (χ3v) is 6.04. The van der Waals surface area contributed by atoms with Gasteiger partial charge < -0.3 is 15.1 Å². The van der Waals surface area contributed by atoms with Gasteiger partial charge in [-0.25, -0.2) is 0 Å². The lowest BCUT2D eigenvalue weighted by molar-refractivity contribution is -0.892. The highest BCUT2D eigenvalue weighted by molar-refractivity contribution is 5.77. The fourth-order valence-electron chi connectivity index (χ4n) is 4.54. The van der Waals surface area contributed by atoms with Crippen LogP contribution in [0.1, 0.15) is 35.6 Å². The first-order chi connectivity index (χ1) is 13.2. The third-order valence-electron chi connectivity index (χ3n) is 6.04. The minimum atomic E-state index is 0.190. The van der Waals surface area contributed by atoms with Crippen LogP contribution in [0.2, 0.25) is 0 Å². The highest BCUT2D eigenvalue weighted by atomic mass is 16.2. The quantitative estimate of drug-likeness (QED) is 0.869. The van der Waals surface area contributed by atoms with E-state index in [1.807, 2.05) is 0 Å². The first-order valence-corrected chi connectivity index (χ1v) is 10.2. The molecule has 142 valence electrons. The Bertz CT molecular complexity index is 796. The van der Waals surface area contributed by atoms with Gasteiger partial charge in [0.15, 0.2) is 6.54 Å². The van der Waals surface area contributed by atoms with Crippen molar-refractivity contribution in [3.63, 3.8) is 0 Å². The molecule has 0 spiro atoms. The topological polar surface area (TPSA) is 36.8 Å². The number of hydrogen-bond donors (Lipinski definition) is 2. The van der Waals surface area contributed by atoms with Crippen LogP contribution in [-0.2, 0) is 11.2 Å². The number of para-hydroxylation sites is 1. The van der Waals surface area contributed by atoms with Crippen LogP contribution in [0.25, 0.3) is 0 Å². The molecule has 4 nitrogen and oxygen atoms in total. The molecule has 4 rings (SSSR count). The Kier molecular flexibility index (Phi) is 5.44. The van der Waals surface area contributed by atoms with Crippen LogP contribution in [0, 0.1) is 6.92 Å². The van der Waals surface area contributed by atoms with Crippen LogP contribution in [0.4, 0.5) is 5.69 Å². The summed E-state index contributed by atoms with van der Waals surface area (Å²) in [6.07, 6.45) is 3.34. The number of quaternary nitrogens is 1. The summed E-state index contributed by atoms with van der Waals surface area (Å²) in [6.45, 7) is 6.82. The Balaban J connectivity index is 1.30. The Morgan fingerprint density at radius 1 is 1.11 bits per heavy atom. The Morgan fingerprint density at radius 2 is 1.85 bits per heavy atom. The molecule has 1 aliphatic heterocycles. The molecular formula is C23H30N3O+. The van der Waals surface area contributed by atoms with Crippen LogP contribution in [0.15, 0.2) is 48.5 Å². The number of piperazine rings is 1. The smallest absolute Gasteiger partial charge is 0.275 e. The molecule has 0 unspecified atom stereocenters. The number of aryl methyl sites for hydroxylation is 2. The number of carbonyl (C=O) groups excluding carboxylic acids is 1. The molecule has 1 heterocycles. The highest BCUT2D eigenvalue weighted by Crippen LogP contribution is 2.29. The molecule has 0 bridgehead atoms. The lowest BCUT2D eigenvalue weighted by atomic mass is 9.88. The Hall–Kier alpha value is -2.33. The largest absolute Gasteiger partial charge is 0.360 e. The number of rotatable bonds is 4. The maximum Gasteiger partial charge on any atom is 0.275 e. The molecule has 1 saturated heterocycles. The molecule has 1 fully saturated rings. The number of benzene rings is 2. The van der Waals surface area contributed by atoms with Crippen molar-refractivity contribution in [2.45, 2.75) is 32.2 Å². The molecule has 27 heavy (non-hydrogen) atoms. The van der Waals surface area contributed by atoms with Gasteiger partial charge in [0.25, 0.3) is 5.91 Å². The number of hydrogen-bond acceptors (Lipinski definition) is 2. The van der Waals surface area contributed by atoms with E-state index in [0.717, 1.165) is 45.4 Å². The maximum atomic E-state index is 12.6. The number of amides is 1. The van der Waals surface area contributed by atoms with E-state index in [1.54, 1.807) is 0 Å². The average Bonchev–Trinajstić information content (AvgIpc) is 2.69. The number of nitrogens with zero attached hydrogens (tertiary/aromatic N) is 1. The molecule has 1 amide bonds.